The van der Waals surface area contributed by atoms with Crippen molar-refractivity contribution in [1.82, 2.24) is 16.0 Å². The average Bonchev–Trinajstić information content (AvgIpc) is 3.16. The molecular weight excluding hydrogens is 725 g/mol. The van der Waals surface area contributed by atoms with Crippen molar-refractivity contribution in [1.29, 1.82) is 0 Å². The maximum absolute atomic E-state index is 14.5. The first kappa shape index (κ1) is 44.4. The van der Waals surface area contributed by atoms with Crippen LogP contribution in [-0.4, -0.2) is 75.3 Å². The summed E-state index contributed by atoms with van der Waals surface area (Å²) in [6.07, 6.45) is -0.245. The molecule has 0 aliphatic rings. The van der Waals surface area contributed by atoms with Crippen molar-refractivity contribution in [2.75, 3.05) is 0 Å². The van der Waals surface area contributed by atoms with E-state index in [0.29, 0.717) is 25.7 Å². The third kappa shape index (κ3) is 13.4. The molecule has 3 amide bonds. The summed E-state index contributed by atoms with van der Waals surface area (Å²) in [4.78, 5) is 64.5. The predicted molar refractivity (Wildman–Crippen MR) is 221 cm³/mol. The lowest BCUT2D eigenvalue weighted by atomic mass is 9.87. The molecule has 5 atom stereocenters. The second-order valence-electron chi connectivity index (χ2n) is 15.9. The Morgan fingerprint density at radius 1 is 0.614 bits per heavy atom. The fraction of sp³-hybridized carbons (Fsp3) is 0.444. The van der Waals surface area contributed by atoms with Crippen molar-refractivity contribution < 1.29 is 39.3 Å². The number of hydrogen-bond donors (Lipinski definition) is 7. The van der Waals surface area contributed by atoms with Crippen LogP contribution in [0.5, 0.6) is 0 Å². The molecule has 2 unspecified atom stereocenters. The zero-order valence-corrected chi connectivity index (χ0v) is 33.3. The standard InChI is InChI=1S/C45H58N4O8/c1-27(2)22-38(40(50)26-41(51)47-37(45(56)57)21-11-20-36(46)44(54)55)48-43(53)39(23-28(3)4)49-42(52)33(24-31-16-9-14-29-12-5-7-18-34(29)31)25-32-17-10-15-30-13-6-8-19-35(30)32/h5-10,12-19,27-28,33,36-40,50H,11,20-26,46H2,1-4H3,(H,47,51)(H,48,53)(H,49,52)(H,54,55)(H,56,57)/t36?,37?,38-,39-,40-/m0/s1. The van der Waals surface area contributed by atoms with E-state index in [1.165, 1.54) is 0 Å². The number of hydrogen-bond acceptors (Lipinski definition) is 7. The van der Waals surface area contributed by atoms with Crippen LogP contribution < -0.4 is 21.7 Å². The summed E-state index contributed by atoms with van der Waals surface area (Å²) in [5.74, 6) is -4.53. The molecule has 0 saturated heterocycles. The Morgan fingerprint density at radius 3 is 1.65 bits per heavy atom. The Labute approximate surface area is 334 Å². The Kier molecular flexibility index (Phi) is 16.6. The van der Waals surface area contributed by atoms with Gasteiger partial charge in [-0.25, -0.2) is 4.79 Å². The molecule has 0 fully saturated rings. The molecule has 4 aromatic carbocycles. The monoisotopic (exact) mass is 782 g/mol. The second-order valence-corrected chi connectivity index (χ2v) is 15.9. The number of benzene rings is 4. The topological polar surface area (TPSA) is 208 Å². The highest BCUT2D eigenvalue weighted by Gasteiger charge is 2.32. The number of amides is 3. The smallest absolute Gasteiger partial charge is 0.326 e. The second kappa shape index (κ2) is 21.3. The maximum Gasteiger partial charge on any atom is 0.326 e. The number of nitrogens with two attached hydrogens (primary N) is 1. The van der Waals surface area contributed by atoms with Gasteiger partial charge in [0.05, 0.1) is 18.6 Å². The molecule has 0 spiro atoms. The van der Waals surface area contributed by atoms with Gasteiger partial charge < -0.3 is 37.0 Å². The molecule has 12 nitrogen and oxygen atoms in total. The van der Waals surface area contributed by atoms with Gasteiger partial charge in [0.2, 0.25) is 17.7 Å². The van der Waals surface area contributed by atoms with E-state index in [9.17, 15) is 34.2 Å². The van der Waals surface area contributed by atoms with Gasteiger partial charge in [-0.1, -0.05) is 113 Å². The zero-order chi connectivity index (χ0) is 41.6. The van der Waals surface area contributed by atoms with Gasteiger partial charge in [-0.2, -0.15) is 0 Å². The van der Waals surface area contributed by atoms with Gasteiger partial charge in [0.1, 0.15) is 18.1 Å². The van der Waals surface area contributed by atoms with E-state index in [2.05, 4.69) is 16.0 Å². The van der Waals surface area contributed by atoms with E-state index in [-0.39, 0.29) is 37.0 Å². The highest BCUT2D eigenvalue weighted by molar-refractivity contribution is 5.91. The lowest BCUT2D eigenvalue weighted by Gasteiger charge is -2.29. The van der Waals surface area contributed by atoms with Gasteiger partial charge in [0, 0.05) is 5.92 Å². The fourth-order valence-electron chi connectivity index (χ4n) is 7.33. The minimum absolute atomic E-state index is 0.00198. The molecular formula is C45H58N4O8. The van der Waals surface area contributed by atoms with Crippen LogP contribution in [0.25, 0.3) is 21.5 Å². The minimum atomic E-state index is -1.37. The normalized spacial score (nSPS) is 14.3. The average molecular weight is 783 g/mol. The third-order valence-corrected chi connectivity index (χ3v) is 10.3. The summed E-state index contributed by atoms with van der Waals surface area (Å²) in [6, 6.07) is 23.9. The minimum Gasteiger partial charge on any atom is -0.480 e. The van der Waals surface area contributed by atoms with Crippen LogP contribution >= 0.6 is 0 Å². The number of rotatable bonds is 22. The Bertz CT molecular complexity index is 1910. The number of aliphatic hydroxyl groups is 1. The quantitative estimate of drug-likeness (QED) is 0.0547. The van der Waals surface area contributed by atoms with Crippen molar-refractivity contribution in [3.63, 3.8) is 0 Å². The summed E-state index contributed by atoms with van der Waals surface area (Å²) in [7, 11) is 0. The van der Waals surface area contributed by atoms with E-state index < -0.39 is 66.4 Å². The summed E-state index contributed by atoms with van der Waals surface area (Å²) >= 11 is 0. The Balaban J connectivity index is 1.53. The zero-order valence-electron chi connectivity index (χ0n) is 33.3. The largest absolute Gasteiger partial charge is 0.480 e. The first-order chi connectivity index (χ1) is 27.1. The van der Waals surface area contributed by atoms with Crippen LogP contribution in [0.1, 0.15) is 77.3 Å². The molecule has 0 aliphatic heterocycles. The van der Waals surface area contributed by atoms with Crippen LogP contribution in [0.2, 0.25) is 0 Å². The van der Waals surface area contributed by atoms with E-state index in [0.717, 1.165) is 32.7 Å². The van der Waals surface area contributed by atoms with Crippen LogP contribution in [-0.2, 0) is 36.8 Å². The van der Waals surface area contributed by atoms with Gasteiger partial charge >= 0.3 is 11.9 Å². The summed E-state index contributed by atoms with van der Waals surface area (Å²) in [5, 5.41) is 42.6. The lowest BCUT2D eigenvalue weighted by Crippen LogP contribution is -2.55. The highest BCUT2D eigenvalue weighted by Crippen LogP contribution is 2.27. The molecule has 306 valence electrons. The molecule has 4 aromatic rings. The number of carboxylic acids is 2. The van der Waals surface area contributed by atoms with E-state index in [1.807, 2.05) is 113 Å². The van der Waals surface area contributed by atoms with Crippen LogP contribution in [0.3, 0.4) is 0 Å². The van der Waals surface area contributed by atoms with Crippen molar-refractivity contribution in [3.05, 3.63) is 96.1 Å². The molecule has 0 aliphatic carbocycles. The summed E-state index contributed by atoms with van der Waals surface area (Å²) in [6.45, 7) is 7.73. The summed E-state index contributed by atoms with van der Waals surface area (Å²) < 4.78 is 0. The molecule has 8 N–H and O–H groups in total. The van der Waals surface area contributed by atoms with Crippen LogP contribution in [0.15, 0.2) is 84.9 Å². The number of carbonyl (C=O) groups is 5. The number of nitrogens with one attached hydrogen (secondary N) is 3. The van der Waals surface area contributed by atoms with E-state index in [1.54, 1.807) is 0 Å². The van der Waals surface area contributed by atoms with Crippen molar-refractivity contribution in [2.24, 2.45) is 23.5 Å². The molecule has 0 aromatic heterocycles. The summed E-state index contributed by atoms with van der Waals surface area (Å²) in [5.41, 5.74) is 7.56. The van der Waals surface area contributed by atoms with Crippen LogP contribution in [0.4, 0.5) is 0 Å². The number of carboxylic acid groups (broad SMARTS) is 2. The first-order valence-corrected chi connectivity index (χ1v) is 19.9. The predicted octanol–water partition coefficient (Wildman–Crippen LogP) is 5.36. The van der Waals surface area contributed by atoms with Crippen molar-refractivity contribution in [2.45, 2.75) is 109 Å². The number of aliphatic hydroxyl groups excluding tert-OH is 1. The fourth-order valence-corrected chi connectivity index (χ4v) is 7.33. The number of carbonyl (C=O) groups excluding carboxylic acids is 3. The molecule has 0 heterocycles. The molecule has 0 radical (unpaired) electrons. The van der Waals surface area contributed by atoms with Crippen molar-refractivity contribution >= 4 is 51.2 Å². The lowest BCUT2D eigenvalue weighted by molar-refractivity contribution is -0.142. The van der Waals surface area contributed by atoms with Gasteiger partial charge in [-0.15, -0.1) is 0 Å². The SMILES string of the molecule is CC(C)C[C@H](NC(=O)C(Cc1cccc2ccccc12)Cc1cccc2ccccc12)C(=O)N[C@@H](CC(C)C)[C@@H](O)CC(=O)NC(CCCC(N)C(=O)O)C(=O)O. The van der Waals surface area contributed by atoms with E-state index in [4.69, 9.17) is 10.8 Å². The van der Waals surface area contributed by atoms with Gasteiger partial charge in [-0.3, -0.25) is 19.2 Å². The molecule has 4 rings (SSSR count). The Morgan fingerprint density at radius 2 is 1.14 bits per heavy atom. The highest BCUT2D eigenvalue weighted by atomic mass is 16.4. The van der Waals surface area contributed by atoms with Crippen molar-refractivity contribution in [3.8, 4) is 0 Å². The molecule has 12 heteroatoms. The number of fused-ring (bicyclic) bond motifs is 2. The third-order valence-electron chi connectivity index (χ3n) is 10.3. The van der Waals surface area contributed by atoms with Gasteiger partial charge in [-0.05, 0) is 89.5 Å². The molecule has 57 heavy (non-hydrogen) atoms. The van der Waals surface area contributed by atoms with E-state index >= 15 is 0 Å². The molecule has 0 bridgehead atoms. The molecule has 0 saturated carbocycles. The van der Waals surface area contributed by atoms with Gasteiger partial charge in [0.25, 0.3) is 0 Å². The Hall–Kier alpha value is -5.33. The van der Waals surface area contributed by atoms with Crippen LogP contribution in [0, 0.1) is 17.8 Å². The number of aliphatic carboxylic acids is 2. The maximum atomic E-state index is 14.5. The van der Waals surface area contributed by atoms with Gasteiger partial charge in [0.15, 0.2) is 0 Å². The first-order valence-electron chi connectivity index (χ1n) is 19.9.